The van der Waals surface area contributed by atoms with Crippen LogP contribution in [0.15, 0.2) is 34.3 Å². The molecule has 1 unspecified atom stereocenters. The van der Waals surface area contributed by atoms with Crippen LogP contribution < -0.4 is 4.72 Å². The van der Waals surface area contributed by atoms with Gasteiger partial charge < -0.3 is 4.57 Å². The SMILES string of the molecule is CCSc1nnc(C(C)NS(=O)(=O)c2cccc(C(F)(F)F)c2)n1C. The number of sulfonamides is 1. The Hall–Kier alpha value is -1.59. The number of hydrogen-bond acceptors (Lipinski definition) is 5. The van der Waals surface area contributed by atoms with Gasteiger partial charge in [-0.3, -0.25) is 0 Å². The Morgan fingerprint density at radius 1 is 1.32 bits per heavy atom. The van der Waals surface area contributed by atoms with Gasteiger partial charge in [-0.05, 0) is 30.9 Å². The van der Waals surface area contributed by atoms with Crippen molar-refractivity contribution in [2.45, 2.75) is 36.1 Å². The molecule has 0 amide bonds. The van der Waals surface area contributed by atoms with Crippen LogP contribution >= 0.6 is 11.8 Å². The fourth-order valence-electron chi connectivity index (χ4n) is 2.15. The van der Waals surface area contributed by atoms with Crippen LogP contribution in [0.5, 0.6) is 0 Å². The standard InChI is InChI=1S/C14H17F3N4O2S2/c1-4-24-13-19-18-12(21(13)3)9(2)20-25(22,23)11-7-5-6-10(8-11)14(15,16)17/h5-9,20H,4H2,1-3H3. The number of alkyl halides is 3. The van der Waals surface area contributed by atoms with Crippen LogP contribution in [-0.4, -0.2) is 28.9 Å². The lowest BCUT2D eigenvalue weighted by Crippen LogP contribution is -2.29. The highest BCUT2D eigenvalue weighted by Gasteiger charge is 2.32. The van der Waals surface area contributed by atoms with Gasteiger partial charge in [0.1, 0.15) is 0 Å². The molecular weight excluding hydrogens is 377 g/mol. The van der Waals surface area contributed by atoms with E-state index in [2.05, 4.69) is 14.9 Å². The molecule has 0 aliphatic carbocycles. The van der Waals surface area contributed by atoms with Gasteiger partial charge >= 0.3 is 6.18 Å². The number of benzene rings is 1. The van der Waals surface area contributed by atoms with E-state index in [0.29, 0.717) is 17.0 Å². The molecule has 0 saturated carbocycles. The molecule has 0 spiro atoms. The summed E-state index contributed by atoms with van der Waals surface area (Å²) in [6, 6.07) is 2.83. The second kappa shape index (κ2) is 7.34. The highest BCUT2D eigenvalue weighted by molar-refractivity contribution is 7.99. The maximum Gasteiger partial charge on any atom is 0.416 e. The quantitative estimate of drug-likeness (QED) is 0.763. The van der Waals surface area contributed by atoms with Crippen molar-refractivity contribution in [1.82, 2.24) is 19.5 Å². The Balaban J connectivity index is 2.27. The first-order chi connectivity index (χ1) is 11.6. The van der Waals surface area contributed by atoms with Crippen LogP contribution in [0, 0.1) is 0 Å². The Morgan fingerprint density at radius 3 is 2.60 bits per heavy atom. The molecule has 0 aliphatic heterocycles. The monoisotopic (exact) mass is 394 g/mol. The third-order valence-electron chi connectivity index (χ3n) is 3.33. The fourth-order valence-corrected chi connectivity index (χ4v) is 4.04. The molecule has 11 heteroatoms. The van der Waals surface area contributed by atoms with E-state index < -0.39 is 32.7 Å². The second-order valence-corrected chi connectivity index (χ2v) is 8.15. The maximum atomic E-state index is 12.8. The van der Waals surface area contributed by atoms with E-state index in [1.807, 2.05) is 6.92 Å². The normalized spacial score (nSPS) is 13.8. The molecule has 2 rings (SSSR count). The summed E-state index contributed by atoms with van der Waals surface area (Å²) in [5.41, 5.74) is -1.02. The van der Waals surface area contributed by atoms with Crippen molar-refractivity contribution in [3.05, 3.63) is 35.7 Å². The summed E-state index contributed by atoms with van der Waals surface area (Å²) in [6.07, 6.45) is -4.62. The average Bonchev–Trinajstić information content (AvgIpc) is 2.88. The van der Waals surface area contributed by atoms with Crippen LogP contribution in [0.3, 0.4) is 0 Å². The second-order valence-electron chi connectivity index (χ2n) is 5.20. The number of aromatic nitrogens is 3. The van der Waals surface area contributed by atoms with Gasteiger partial charge in [0.25, 0.3) is 0 Å². The molecule has 1 aromatic carbocycles. The van der Waals surface area contributed by atoms with Crippen LogP contribution in [0.1, 0.15) is 31.3 Å². The molecular formula is C14H17F3N4O2S2. The zero-order valence-electron chi connectivity index (χ0n) is 13.7. The van der Waals surface area contributed by atoms with Crippen molar-refractivity contribution in [3.8, 4) is 0 Å². The molecule has 6 nitrogen and oxygen atoms in total. The van der Waals surface area contributed by atoms with Crippen molar-refractivity contribution in [3.63, 3.8) is 0 Å². The number of hydrogen-bond donors (Lipinski definition) is 1. The van der Waals surface area contributed by atoms with Gasteiger partial charge in [0.2, 0.25) is 10.0 Å². The first kappa shape index (κ1) is 19.7. The first-order valence-corrected chi connectivity index (χ1v) is 9.74. The minimum atomic E-state index is -4.62. The summed E-state index contributed by atoms with van der Waals surface area (Å²) in [5.74, 6) is 1.14. The molecule has 25 heavy (non-hydrogen) atoms. The van der Waals surface area contributed by atoms with E-state index in [1.54, 1.807) is 18.5 Å². The number of nitrogens with zero attached hydrogens (tertiary/aromatic N) is 3. The zero-order valence-corrected chi connectivity index (χ0v) is 15.3. The van der Waals surface area contributed by atoms with E-state index >= 15 is 0 Å². The fraction of sp³-hybridized carbons (Fsp3) is 0.429. The highest BCUT2D eigenvalue weighted by atomic mass is 32.2. The summed E-state index contributed by atoms with van der Waals surface area (Å²) in [6.45, 7) is 3.49. The van der Waals surface area contributed by atoms with Crippen LogP contribution in [0.4, 0.5) is 13.2 Å². The molecule has 1 N–H and O–H groups in total. The zero-order chi connectivity index (χ0) is 18.8. The van der Waals surface area contributed by atoms with Crippen molar-refractivity contribution in [2.24, 2.45) is 7.05 Å². The number of nitrogens with one attached hydrogen (secondary N) is 1. The van der Waals surface area contributed by atoms with Gasteiger partial charge in [0.15, 0.2) is 11.0 Å². The molecule has 0 bridgehead atoms. The lowest BCUT2D eigenvalue weighted by Gasteiger charge is -2.15. The third kappa shape index (κ3) is 4.53. The van der Waals surface area contributed by atoms with E-state index in [0.717, 1.165) is 24.0 Å². The van der Waals surface area contributed by atoms with Crippen molar-refractivity contribution in [2.75, 3.05) is 5.75 Å². The predicted molar refractivity (Wildman–Crippen MR) is 87.6 cm³/mol. The maximum absolute atomic E-state index is 12.8. The Labute approximate surface area is 147 Å². The van der Waals surface area contributed by atoms with Crippen LogP contribution in [0.25, 0.3) is 0 Å². The Bertz CT molecular complexity index is 850. The molecule has 1 atom stereocenters. The molecule has 0 saturated heterocycles. The number of thioether (sulfide) groups is 1. The van der Waals surface area contributed by atoms with E-state index in [4.69, 9.17) is 0 Å². The largest absolute Gasteiger partial charge is 0.416 e. The Morgan fingerprint density at radius 2 is 2.00 bits per heavy atom. The highest BCUT2D eigenvalue weighted by Crippen LogP contribution is 2.30. The Kier molecular flexibility index (Phi) is 5.79. The van der Waals surface area contributed by atoms with Gasteiger partial charge in [-0.1, -0.05) is 24.8 Å². The minimum absolute atomic E-state index is 0.367. The molecule has 0 aliphatic rings. The van der Waals surface area contributed by atoms with Gasteiger partial charge in [-0.25, -0.2) is 13.1 Å². The van der Waals surface area contributed by atoms with Crippen molar-refractivity contribution in [1.29, 1.82) is 0 Å². The summed E-state index contributed by atoms with van der Waals surface area (Å²) < 4.78 is 67.1. The van der Waals surface area contributed by atoms with E-state index in [9.17, 15) is 21.6 Å². The first-order valence-electron chi connectivity index (χ1n) is 7.28. The predicted octanol–water partition coefficient (Wildman–Crippen LogP) is 2.99. The lowest BCUT2D eigenvalue weighted by molar-refractivity contribution is -0.137. The van der Waals surface area contributed by atoms with Crippen LogP contribution in [-0.2, 0) is 23.2 Å². The van der Waals surface area contributed by atoms with Crippen molar-refractivity contribution < 1.29 is 21.6 Å². The van der Waals surface area contributed by atoms with Gasteiger partial charge in [0.05, 0.1) is 16.5 Å². The average molecular weight is 394 g/mol. The lowest BCUT2D eigenvalue weighted by atomic mass is 10.2. The summed E-state index contributed by atoms with van der Waals surface area (Å²) in [4.78, 5) is -0.459. The molecule has 1 heterocycles. The number of rotatable bonds is 6. The molecule has 0 radical (unpaired) electrons. The van der Waals surface area contributed by atoms with Crippen molar-refractivity contribution >= 4 is 21.8 Å². The molecule has 2 aromatic rings. The van der Waals surface area contributed by atoms with E-state index in [1.165, 1.54) is 11.8 Å². The van der Waals surface area contributed by atoms with E-state index in [-0.39, 0.29) is 0 Å². The minimum Gasteiger partial charge on any atom is -0.308 e. The summed E-state index contributed by atoms with van der Waals surface area (Å²) >= 11 is 1.45. The number of halogens is 3. The van der Waals surface area contributed by atoms with Gasteiger partial charge in [0, 0.05) is 7.05 Å². The summed E-state index contributed by atoms with van der Waals surface area (Å²) in [5, 5.41) is 8.55. The van der Waals surface area contributed by atoms with Gasteiger partial charge in [-0.15, -0.1) is 10.2 Å². The van der Waals surface area contributed by atoms with Crippen LogP contribution in [0.2, 0.25) is 0 Å². The molecule has 0 fully saturated rings. The third-order valence-corrected chi connectivity index (χ3v) is 5.77. The van der Waals surface area contributed by atoms with Gasteiger partial charge in [-0.2, -0.15) is 13.2 Å². The smallest absolute Gasteiger partial charge is 0.308 e. The summed E-state index contributed by atoms with van der Waals surface area (Å²) in [7, 11) is -2.45. The molecule has 138 valence electrons. The molecule has 1 aromatic heterocycles. The topological polar surface area (TPSA) is 76.9 Å².